The van der Waals surface area contributed by atoms with E-state index in [1.54, 1.807) is 19.1 Å². The quantitative estimate of drug-likeness (QED) is 0.574. The largest absolute Gasteiger partial charge is 0.809 e. The maximum absolute atomic E-state index is 12.1. The van der Waals surface area contributed by atoms with Gasteiger partial charge in [-0.25, -0.2) is 0 Å². The highest BCUT2D eigenvalue weighted by Crippen LogP contribution is 2.49. The van der Waals surface area contributed by atoms with E-state index in [-0.39, 0.29) is 17.7 Å². The zero-order valence-electron chi connectivity index (χ0n) is 11.5. The van der Waals surface area contributed by atoms with E-state index >= 15 is 0 Å². The lowest BCUT2D eigenvalue weighted by atomic mass is 10.2. The smallest absolute Gasteiger partial charge is 0.297 e. The Morgan fingerprint density at radius 2 is 1.60 bits per heavy atom. The molecule has 0 aliphatic carbocycles. The second-order valence-electron chi connectivity index (χ2n) is 4.50. The van der Waals surface area contributed by atoms with Crippen LogP contribution in [0.1, 0.15) is 32.3 Å². The fraction of sp³-hybridized carbons (Fsp3) is 0.500. The summed E-state index contributed by atoms with van der Waals surface area (Å²) in [5.74, 6) is 0. The molecular formula is C12H17O6PS-2. The fourth-order valence-corrected chi connectivity index (χ4v) is 4.40. The third-order valence-electron chi connectivity index (χ3n) is 3.18. The van der Waals surface area contributed by atoms with Crippen LogP contribution in [0.15, 0.2) is 29.2 Å². The van der Waals surface area contributed by atoms with Gasteiger partial charge in [0.15, 0.2) is 0 Å². The van der Waals surface area contributed by atoms with Crippen molar-refractivity contribution < 1.29 is 27.0 Å². The Morgan fingerprint density at radius 3 is 1.95 bits per heavy atom. The Kier molecular flexibility index (Phi) is 5.16. The van der Waals surface area contributed by atoms with Crippen LogP contribution < -0.4 is 9.79 Å². The van der Waals surface area contributed by atoms with Gasteiger partial charge < -0.3 is 14.4 Å². The molecule has 0 aromatic heterocycles. The second-order valence-corrected chi connectivity index (χ2v) is 7.86. The molecule has 0 saturated heterocycles. The van der Waals surface area contributed by atoms with Gasteiger partial charge >= 0.3 is 0 Å². The standard InChI is InChI=1S/C12H19O6PS/c1-4-12(5-2,19(13,14)15)18-20(16,17)11-8-6-10(3)7-9-11/h6-9H,4-5H2,1-3H3,(H2,13,14,15)/p-2. The summed E-state index contributed by atoms with van der Waals surface area (Å²) < 4.78 is 40.4. The van der Waals surface area contributed by atoms with Crippen molar-refractivity contribution in [2.75, 3.05) is 0 Å². The van der Waals surface area contributed by atoms with Crippen LogP contribution in [0.4, 0.5) is 0 Å². The molecular weight excluding hydrogens is 303 g/mol. The van der Waals surface area contributed by atoms with Crippen molar-refractivity contribution in [2.24, 2.45) is 0 Å². The van der Waals surface area contributed by atoms with Gasteiger partial charge in [-0.1, -0.05) is 31.5 Å². The predicted octanol–water partition coefficient (Wildman–Crippen LogP) is 1.13. The van der Waals surface area contributed by atoms with Gasteiger partial charge in [0.25, 0.3) is 10.1 Å². The maximum atomic E-state index is 12.1. The molecule has 0 unspecified atom stereocenters. The van der Waals surface area contributed by atoms with Gasteiger partial charge in [-0.05, 0) is 39.5 Å². The number of rotatable bonds is 6. The average molecular weight is 320 g/mol. The van der Waals surface area contributed by atoms with Gasteiger partial charge in [0.2, 0.25) is 0 Å². The van der Waals surface area contributed by atoms with Crippen molar-refractivity contribution in [3.05, 3.63) is 29.8 Å². The Balaban J connectivity index is 3.23. The summed E-state index contributed by atoms with van der Waals surface area (Å²) in [7, 11) is -9.55. The highest BCUT2D eigenvalue weighted by molar-refractivity contribution is 7.87. The molecule has 0 N–H and O–H groups in total. The van der Waals surface area contributed by atoms with Gasteiger partial charge in [0.1, 0.15) is 5.34 Å². The second kappa shape index (κ2) is 5.95. The lowest BCUT2D eigenvalue weighted by molar-refractivity contribution is -0.328. The number of benzene rings is 1. The molecule has 1 rings (SSSR count). The molecule has 6 nitrogen and oxygen atoms in total. The van der Waals surface area contributed by atoms with Crippen LogP contribution in [-0.4, -0.2) is 13.8 Å². The van der Waals surface area contributed by atoms with Crippen LogP contribution in [0.3, 0.4) is 0 Å². The number of hydrogen-bond donors (Lipinski definition) is 0. The molecule has 114 valence electrons. The molecule has 0 aliphatic rings. The molecule has 20 heavy (non-hydrogen) atoms. The molecule has 1 aromatic rings. The molecule has 0 amide bonds. The molecule has 1 aromatic carbocycles. The predicted molar refractivity (Wildman–Crippen MR) is 70.4 cm³/mol. The monoisotopic (exact) mass is 320 g/mol. The number of hydrogen-bond acceptors (Lipinski definition) is 6. The van der Waals surface area contributed by atoms with Crippen LogP contribution >= 0.6 is 7.60 Å². The summed E-state index contributed by atoms with van der Waals surface area (Å²) in [5, 5.41) is -2.24. The van der Waals surface area contributed by atoms with E-state index in [1.807, 2.05) is 0 Å². The molecule has 0 heterocycles. The van der Waals surface area contributed by atoms with E-state index in [0.717, 1.165) is 5.56 Å². The third kappa shape index (κ3) is 3.48. The van der Waals surface area contributed by atoms with Crippen molar-refractivity contribution in [2.45, 2.75) is 43.9 Å². The van der Waals surface area contributed by atoms with E-state index in [0.29, 0.717) is 0 Å². The summed E-state index contributed by atoms with van der Waals surface area (Å²) >= 11 is 0. The van der Waals surface area contributed by atoms with Crippen molar-refractivity contribution >= 4 is 17.7 Å². The Morgan fingerprint density at radius 1 is 1.15 bits per heavy atom. The first kappa shape index (κ1) is 17.3. The SMILES string of the molecule is CCC(CC)(OS(=O)(=O)c1ccc(C)cc1)P(=O)([O-])[O-]. The van der Waals surface area contributed by atoms with E-state index in [2.05, 4.69) is 0 Å². The highest BCUT2D eigenvalue weighted by Gasteiger charge is 2.37. The minimum atomic E-state index is -5.23. The highest BCUT2D eigenvalue weighted by atomic mass is 32.2. The normalized spacial score (nSPS) is 13.4. The summed E-state index contributed by atoms with van der Waals surface area (Å²) in [6.07, 6.45) is -0.474. The van der Waals surface area contributed by atoms with Crippen molar-refractivity contribution in [3.8, 4) is 0 Å². The molecule has 0 aliphatic heterocycles. The van der Waals surface area contributed by atoms with Crippen LogP contribution in [-0.2, 0) is 18.9 Å². The minimum Gasteiger partial charge on any atom is -0.809 e. The van der Waals surface area contributed by atoms with Crippen LogP contribution in [0.25, 0.3) is 0 Å². The van der Waals surface area contributed by atoms with Crippen LogP contribution in [0, 0.1) is 6.92 Å². The summed E-state index contributed by atoms with van der Waals surface area (Å²) in [4.78, 5) is 22.5. The lowest BCUT2D eigenvalue weighted by Crippen LogP contribution is -2.42. The Bertz CT molecular complexity index is 597. The first-order chi connectivity index (χ1) is 9.08. The summed E-state index contributed by atoms with van der Waals surface area (Å²) in [6, 6.07) is 5.73. The van der Waals surface area contributed by atoms with Crippen molar-refractivity contribution in [3.63, 3.8) is 0 Å². The zero-order chi connectivity index (χ0) is 15.6. The molecule has 0 bridgehead atoms. The third-order valence-corrected chi connectivity index (χ3v) is 6.41. The maximum Gasteiger partial charge on any atom is 0.297 e. The van der Waals surface area contributed by atoms with E-state index in [4.69, 9.17) is 4.18 Å². The van der Waals surface area contributed by atoms with Gasteiger partial charge in [0.05, 0.1) is 4.90 Å². The van der Waals surface area contributed by atoms with Gasteiger partial charge in [-0.2, -0.15) is 8.42 Å². The molecule has 0 fully saturated rings. The van der Waals surface area contributed by atoms with Crippen LogP contribution in [0.2, 0.25) is 0 Å². The first-order valence-electron chi connectivity index (χ1n) is 6.12. The molecule has 0 spiro atoms. The zero-order valence-corrected chi connectivity index (χ0v) is 13.2. The van der Waals surface area contributed by atoms with Crippen LogP contribution in [0.5, 0.6) is 0 Å². The average Bonchev–Trinajstić information content (AvgIpc) is 2.35. The molecule has 0 saturated carbocycles. The molecule has 0 radical (unpaired) electrons. The van der Waals surface area contributed by atoms with Crippen molar-refractivity contribution in [1.29, 1.82) is 0 Å². The Labute approximate surface area is 119 Å². The number of aryl methyl sites for hydroxylation is 1. The van der Waals surface area contributed by atoms with Gasteiger partial charge in [0, 0.05) is 0 Å². The van der Waals surface area contributed by atoms with Gasteiger partial charge in [-0.3, -0.25) is 4.18 Å². The topological polar surface area (TPSA) is 107 Å². The van der Waals surface area contributed by atoms with E-state index in [1.165, 1.54) is 26.0 Å². The van der Waals surface area contributed by atoms with Gasteiger partial charge in [-0.15, -0.1) is 0 Å². The molecule has 8 heteroatoms. The first-order valence-corrected chi connectivity index (χ1v) is 9.07. The summed E-state index contributed by atoms with van der Waals surface area (Å²) in [5.41, 5.74) is 0.847. The summed E-state index contributed by atoms with van der Waals surface area (Å²) in [6.45, 7) is 4.58. The lowest BCUT2D eigenvalue weighted by Gasteiger charge is -2.47. The van der Waals surface area contributed by atoms with E-state index in [9.17, 15) is 22.8 Å². The minimum absolute atomic E-state index is 0.178. The Hall–Kier alpha value is -0.720. The van der Waals surface area contributed by atoms with E-state index < -0.39 is 23.1 Å². The molecule has 0 atom stereocenters. The van der Waals surface area contributed by atoms with Crippen molar-refractivity contribution in [1.82, 2.24) is 0 Å². The fourth-order valence-electron chi connectivity index (χ4n) is 1.76.